The third-order valence-corrected chi connectivity index (χ3v) is 4.92. The lowest BCUT2D eigenvalue weighted by Crippen LogP contribution is -2.24. The maximum atomic E-state index is 11.9. The highest BCUT2D eigenvalue weighted by atomic mass is 32.2. The van der Waals surface area contributed by atoms with E-state index in [1.165, 1.54) is 17.3 Å². The van der Waals surface area contributed by atoms with Crippen LogP contribution in [0.25, 0.3) is 10.7 Å². The molecule has 1 N–H and O–H groups in total. The molecule has 0 aliphatic heterocycles. The lowest BCUT2D eigenvalue weighted by atomic mass is 10.2. The maximum absolute atomic E-state index is 11.9. The van der Waals surface area contributed by atoms with Gasteiger partial charge in [-0.05, 0) is 30.5 Å². The van der Waals surface area contributed by atoms with E-state index in [0.717, 1.165) is 9.77 Å². The van der Waals surface area contributed by atoms with Crippen LogP contribution in [-0.4, -0.2) is 21.8 Å². The SMILES string of the molecule is Cc1ccc(SCC(=O)NCc2nc(-c3cccs3)no2)cc1. The molecule has 3 aromatic rings. The Morgan fingerprint density at radius 3 is 2.87 bits per heavy atom. The monoisotopic (exact) mass is 345 g/mol. The number of rotatable bonds is 6. The minimum atomic E-state index is -0.0635. The number of nitrogens with one attached hydrogen (secondary N) is 1. The van der Waals surface area contributed by atoms with Gasteiger partial charge in [-0.3, -0.25) is 4.79 Å². The topological polar surface area (TPSA) is 68.0 Å². The number of benzene rings is 1. The molecule has 0 aliphatic carbocycles. The maximum Gasteiger partial charge on any atom is 0.246 e. The first-order chi connectivity index (χ1) is 11.2. The van der Waals surface area contributed by atoms with Gasteiger partial charge in [-0.25, -0.2) is 0 Å². The van der Waals surface area contributed by atoms with E-state index in [4.69, 9.17) is 4.52 Å². The lowest BCUT2D eigenvalue weighted by Gasteiger charge is -2.03. The highest BCUT2D eigenvalue weighted by molar-refractivity contribution is 8.00. The van der Waals surface area contributed by atoms with Gasteiger partial charge in [0.2, 0.25) is 17.6 Å². The third-order valence-electron chi connectivity index (χ3n) is 3.04. The molecule has 0 saturated heterocycles. The van der Waals surface area contributed by atoms with Crippen molar-refractivity contribution in [1.82, 2.24) is 15.5 Å². The van der Waals surface area contributed by atoms with E-state index in [0.29, 0.717) is 17.5 Å². The zero-order chi connectivity index (χ0) is 16.1. The molecule has 0 radical (unpaired) electrons. The number of nitrogens with zero attached hydrogens (tertiary/aromatic N) is 2. The van der Waals surface area contributed by atoms with E-state index in [9.17, 15) is 4.79 Å². The van der Waals surface area contributed by atoms with Crippen molar-refractivity contribution in [1.29, 1.82) is 0 Å². The molecule has 5 nitrogen and oxygen atoms in total. The summed E-state index contributed by atoms with van der Waals surface area (Å²) in [7, 11) is 0. The van der Waals surface area contributed by atoms with Crippen LogP contribution in [0, 0.1) is 6.92 Å². The van der Waals surface area contributed by atoms with Crippen LogP contribution in [0.2, 0.25) is 0 Å². The van der Waals surface area contributed by atoms with Crippen molar-refractivity contribution < 1.29 is 9.32 Å². The number of carbonyl (C=O) groups is 1. The molecule has 1 aromatic carbocycles. The molecule has 0 bridgehead atoms. The van der Waals surface area contributed by atoms with Crippen molar-refractivity contribution in [2.45, 2.75) is 18.4 Å². The summed E-state index contributed by atoms with van der Waals surface area (Å²) in [5, 5.41) is 8.65. The fourth-order valence-corrected chi connectivity index (χ4v) is 3.22. The van der Waals surface area contributed by atoms with Crippen LogP contribution >= 0.6 is 23.1 Å². The summed E-state index contributed by atoms with van der Waals surface area (Å²) in [6.45, 7) is 2.28. The lowest BCUT2D eigenvalue weighted by molar-refractivity contribution is -0.118. The summed E-state index contributed by atoms with van der Waals surface area (Å²) in [5.74, 6) is 1.25. The summed E-state index contributed by atoms with van der Waals surface area (Å²) in [6, 6.07) is 11.9. The van der Waals surface area contributed by atoms with Gasteiger partial charge in [0, 0.05) is 4.90 Å². The van der Waals surface area contributed by atoms with Crippen molar-refractivity contribution >= 4 is 29.0 Å². The smallest absolute Gasteiger partial charge is 0.246 e. The summed E-state index contributed by atoms with van der Waals surface area (Å²) >= 11 is 3.04. The van der Waals surface area contributed by atoms with Gasteiger partial charge in [0.25, 0.3) is 0 Å². The number of carbonyl (C=O) groups excluding carboxylic acids is 1. The van der Waals surface area contributed by atoms with Crippen LogP contribution in [0.1, 0.15) is 11.5 Å². The molecule has 0 atom stereocenters. The van der Waals surface area contributed by atoms with Crippen molar-refractivity contribution in [3.05, 3.63) is 53.2 Å². The molecule has 23 heavy (non-hydrogen) atoms. The number of thioether (sulfide) groups is 1. The predicted molar refractivity (Wildman–Crippen MR) is 91.4 cm³/mol. The second kappa shape index (κ2) is 7.43. The average Bonchev–Trinajstić information content (AvgIpc) is 3.23. The first-order valence-corrected chi connectivity index (χ1v) is 8.90. The van der Waals surface area contributed by atoms with Gasteiger partial charge in [0.1, 0.15) is 0 Å². The van der Waals surface area contributed by atoms with E-state index < -0.39 is 0 Å². The molecule has 0 fully saturated rings. The molecular formula is C16H15N3O2S2. The molecule has 1 amide bonds. The first kappa shape index (κ1) is 15.8. The first-order valence-electron chi connectivity index (χ1n) is 7.03. The molecule has 3 rings (SSSR count). The average molecular weight is 345 g/mol. The van der Waals surface area contributed by atoms with Crippen LogP contribution in [0.15, 0.2) is 51.2 Å². The van der Waals surface area contributed by atoms with E-state index in [-0.39, 0.29) is 12.5 Å². The quantitative estimate of drug-likeness (QED) is 0.692. The normalized spacial score (nSPS) is 10.7. The highest BCUT2D eigenvalue weighted by Crippen LogP contribution is 2.21. The van der Waals surface area contributed by atoms with Gasteiger partial charge in [-0.2, -0.15) is 4.98 Å². The summed E-state index contributed by atoms with van der Waals surface area (Å²) in [5.41, 5.74) is 1.21. The zero-order valence-electron chi connectivity index (χ0n) is 12.5. The van der Waals surface area contributed by atoms with Crippen LogP contribution in [0.3, 0.4) is 0 Å². The van der Waals surface area contributed by atoms with E-state index in [1.54, 1.807) is 11.3 Å². The Labute approximate surface area is 142 Å². The van der Waals surface area contributed by atoms with Crippen LogP contribution < -0.4 is 5.32 Å². The van der Waals surface area contributed by atoms with Crippen molar-refractivity contribution in [3.8, 4) is 10.7 Å². The Balaban J connectivity index is 1.46. The number of aryl methyl sites for hydroxylation is 1. The third kappa shape index (κ3) is 4.43. The summed E-state index contributed by atoms with van der Waals surface area (Å²) < 4.78 is 5.14. The summed E-state index contributed by atoms with van der Waals surface area (Å²) in [4.78, 5) is 18.2. The van der Waals surface area contributed by atoms with Crippen molar-refractivity contribution in [2.24, 2.45) is 0 Å². The molecule has 0 spiro atoms. The fraction of sp³-hybridized carbons (Fsp3) is 0.188. The fourth-order valence-electron chi connectivity index (χ4n) is 1.84. The van der Waals surface area contributed by atoms with Gasteiger partial charge < -0.3 is 9.84 Å². The Bertz CT molecular complexity index is 767. The minimum Gasteiger partial charge on any atom is -0.346 e. The Kier molecular flexibility index (Phi) is 5.09. The second-order valence-electron chi connectivity index (χ2n) is 4.87. The molecular weight excluding hydrogens is 330 g/mol. The molecule has 0 unspecified atom stereocenters. The standard InChI is InChI=1S/C16H15N3O2S2/c1-11-4-6-12(7-5-11)23-10-14(20)17-9-15-18-16(19-21-15)13-3-2-8-22-13/h2-8H,9-10H2,1H3,(H,17,20). The number of thiophene rings is 1. The van der Waals surface area contributed by atoms with Crippen LogP contribution in [-0.2, 0) is 11.3 Å². The number of amides is 1. The van der Waals surface area contributed by atoms with Crippen molar-refractivity contribution in [3.63, 3.8) is 0 Å². The van der Waals surface area contributed by atoms with Crippen LogP contribution in [0.5, 0.6) is 0 Å². The highest BCUT2D eigenvalue weighted by Gasteiger charge is 2.10. The molecule has 2 heterocycles. The van der Waals surface area contributed by atoms with Gasteiger partial charge in [-0.1, -0.05) is 28.9 Å². The predicted octanol–water partition coefficient (Wildman–Crippen LogP) is 3.52. The Hall–Kier alpha value is -2.12. The zero-order valence-corrected chi connectivity index (χ0v) is 14.1. The van der Waals surface area contributed by atoms with Gasteiger partial charge in [-0.15, -0.1) is 23.1 Å². The molecule has 2 aromatic heterocycles. The molecule has 0 saturated carbocycles. The van der Waals surface area contributed by atoms with E-state index in [1.807, 2.05) is 48.7 Å². The van der Waals surface area contributed by atoms with E-state index in [2.05, 4.69) is 15.5 Å². The Morgan fingerprint density at radius 2 is 2.13 bits per heavy atom. The minimum absolute atomic E-state index is 0.0635. The van der Waals surface area contributed by atoms with Crippen LogP contribution in [0.4, 0.5) is 0 Å². The number of aromatic nitrogens is 2. The summed E-state index contributed by atoms with van der Waals surface area (Å²) in [6.07, 6.45) is 0. The van der Waals surface area contributed by atoms with E-state index >= 15 is 0 Å². The van der Waals surface area contributed by atoms with Gasteiger partial charge in [0.05, 0.1) is 17.2 Å². The number of hydrogen-bond acceptors (Lipinski definition) is 6. The molecule has 7 heteroatoms. The molecule has 0 aliphatic rings. The second-order valence-corrected chi connectivity index (χ2v) is 6.86. The van der Waals surface area contributed by atoms with Crippen molar-refractivity contribution in [2.75, 3.05) is 5.75 Å². The largest absolute Gasteiger partial charge is 0.346 e. The Morgan fingerprint density at radius 1 is 1.30 bits per heavy atom. The van der Waals surface area contributed by atoms with Gasteiger partial charge >= 0.3 is 0 Å². The number of hydrogen-bond donors (Lipinski definition) is 1. The molecule has 118 valence electrons. The van der Waals surface area contributed by atoms with Gasteiger partial charge in [0.15, 0.2) is 0 Å².